The fourth-order valence-electron chi connectivity index (χ4n) is 1.09. The minimum Gasteiger partial charge on any atom is -0.392 e. The molecule has 1 aromatic rings. The molecule has 0 amide bonds. The zero-order chi connectivity index (χ0) is 8.27. The van der Waals surface area contributed by atoms with E-state index in [-0.39, 0.29) is 6.61 Å². The van der Waals surface area contributed by atoms with Gasteiger partial charge >= 0.3 is 0 Å². The van der Waals surface area contributed by atoms with Crippen LogP contribution in [0.25, 0.3) is 0 Å². The first-order valence-corrected chi connectivity index (χ1v) is 4.04. The minimum atomic E-state index is 0.0731. The van der Waals surface area contributed by atoms with Crippen molar-refractivity contribution in [2.45, 2.75) is 20.0 Å². The average molecular weight is 171 g/mol. The number of halogens is 1. The van der Waals surface area contributed by atoms with E-state index in [0.29, 0.717) is 5.02 Å². The van der Waals surface area contributed by atoms with Gasteiger partial charge in [0.1, 0.15) is 0 Å². The second-order valence-corrected chi connectivity index (χ2v) is 2.86. The predicted molar refractivity (Wildman–Crippen MR) is 46.8 cm³/mol. The van der Waals surface area contributed by atoms with Crippen molar-refractivity contribution in [1.29, 1.82) is 0 Å². The Balaban J connectivity index is 3.06. The highest BCUT2D eigenvalue weighted by Crippen LogP contribution is 2.16. The molecule has 0 atom stereocenters. The van der Waals surface area contributed by atoms with E-state index in [9.17, 15) is 0 Å². The molecule has 0 bridgehead atoms. The number of hydrogen-bond acceptors (Lipinski definition) is 1. The minimum absolute atomic E-state index is 0.0731. The fourth-order valence-corrected chi connectivity index (χ4v) is 1.28. The highest BCUT2D eigenvalue weighted by molar-refractivity contribution is 6.30. The topological polar surface area (TPSA) is 20.2 Å². The van der Waals surface area contributed by atoms with Gasteiger partial charge in [0.2, 0.25) is 0 Å². The summed E-state index contributed by atoms with van der Waals surface area (Å²) in [6.45, 7) is 2.13. The standard InChI is InChI=1S/C9H11ClO/c1-2-7-3-4-9(10)5-8(7)6-11/h3-5,11H,2,6H2,1H3. The lowest BCUT2D eigenvalue weighted by Crippen LogP contribution is -1.91. The van der Waals surface area contributed by atoms with Crippen molar-refractivity contribution in [2.24, 2.45) is 0 Å². The average Bonchev–Trinajstić information content (AvgIpc) is 2.04. The van der Waals surface area contributed by atoms with Gasteiger partial charge in [-0.25, -0.2) is 0 Å². The molecule has 0 aliphatic rings. The van der Waals surface area contributed by atoms with Crippen molar-refractivity contribution < 1.29 is 5.11 Å². The van der Waals surface area contributed by atoms with Gasteiger partial charge in [-0.3, -0.25) is 0 Å². The molecule has 0 aliphatic carbocycles. The van der Waals surface area contributed by atoms with Crippen molar-refractivity contribution in [3.05, 3.63) is 34.3 Å². The largest absolute Gasteiger partial charge is 0.392 e. The molecule has 1 aromatic carbocycles. The first kappa shape index (κ1) is 8.57. The van der Waals surface area contributed by atoms with Gasteiger partial charge in [-0.15, -0.1) is 0 Å². The summed E-state index contributed by atoms with van der Waals surface area (Å²) in [5.41, 5.74) is 2.09. The highest BCUT2D eigenvalue weighted by Gasteiger charge is 1.98. The second kappa shape index (κ2) is 3.74. The summed E-state index contributed by atoms with van der Waals surface area (Å²) < 4.78 is 0. The van der Waals surface area contributed by atoms with Crippen molar-refractivity contribution in [2.75, 3.05) is 0 Å². The SMILES string of the molecule is CCc1ccc(Cl)cc1CO. The Morgan fingerprint density at radius 2 is 2.09 bits per heavy atom. The van der Waals surface area contributed by atoms with Gasteiger partial charge in [-0.1, -0.05) is 24.6 Å². The first-order chi connectivity index (χ1) is 5.27. The zero-order valence-electron chi connectivity index (χ0n) is 6.47. The van der Waals surface area contributed by atoms with Gasteiger partial charge in [0, 0.05) is 5.02 Å². The molecule has 0 spiro atoms. The van der Waals surface area contributed by atoms with Crippen LogP contribution in [0.5, 0.6) is 0 Å². The number of hydrogen-bond donors (Lipinski definition) is 1. The molecule has 0 fully saturated rings. The lowest BCUT2D eigenvalue weighted by molar-refractivity contribution is 0.280. The molecule has 60 valence electrons. The molecule has 0 radical (unpaired) electrons. The van der Waals surface area contributed by atoms with Crippen LogP contribution in [0.3, 0.4) is 0 Å². The van der Waals surface area contributed by atoms with Crippen LogP contribution in [0.4, 0.5) is 0 Å². The van der Waals surface area contributed by atoms with Gasteiger partial charge in [0.05, 0.1) is 6.61 Å². The number of aliphatic hydroxyl groups is 1. The highest BCUT2D eigenvalue weighted by atomic mass is 35.5. The molecule has 0 saturated carbocycles. The van der Waals surface area contributed by atoms with Gasteiger partial charge in [0.15, 0.2) is 0 Å². The van der Waals surface area contributed by atoms with E-state index < -0.39 is 0 Å². The molecule has 0 saturated heterocycles. The van der Waals surface area contributed by atoms with Crippen LogP contribution in [0.1, 0.15) is 18.1 Å². The summed E-state index contributed by atoms with van der Waals surface area (Å²) in [4.78, 5) is 0. The van der Waals surface area contributed by atoms with E-state index >= 15 is 0 Å². The van der Waals surface area contributed by atoms with Crippen LogP contribution in [0, 0.1) is 0 Å². The third-order valence-electron chi connectivity index (χ3n) is 1.72. The van der Waals surface area contributed by atoms with Gasteiger partial charge in [-0.2, -0.15) is 0 Å². The van der Waals surface area contributed by atoms with Crippen LogP contribution >= 0.6 is 11.6 Å². The quantitative estimate of drug-likeness (QED) is 0.723. The van der Waals surface area contributed by atoms with Gasteiger partial charge in [-0.05, 0) is 29.7 Å². The Hall–Kier alpha value is -0.530. The van der Waals surface area contributed by atoms with E-state index in [1.54, 1.807) is 6.07 Å². The maximum Gasteiger partial charge on any atom is 0.0685 e. The van der Waals surface area contributed by atoms with E-state index in [1.165, 1.54) is 0 Å². The number of rotatable bonds is 2. The summed E-state index contributed by atoms with van der Waals surface area (Å²) in [5.74, 6) is 0. The molecule has 11 heavy (non-hydrogen) atoms. The maximum atomic E-state index is 8.92. The van der Waals surface area contributed by atoms with E-state index in [0.717, 1.165) is 17.5 Å². The molecular formula is C9H11ClO. The van der Waals surface area contributed by atoms with Crippen LogP contribution in [-0.2, 0) is 13.0 Å². The Bertz CT molecular complexity index is 245. The fraction of sp³-hybridized carbons (Fsp3) is 0.333. The lowest BCUT2D eigenvalue weighted by Gasteiger charge is -2.03. The zero-order valence-corrected chi connectivity index (χ0v) is 7.23. The number of aryl methyl sites for hydroxylation is 1. The van der Waals surface area contributed by atoms with Crippen molar-refractivity contribution in [3.8, 4) is 0 Å². The second-order valence-electron chi connectivity index (χ2n) is 2.42. The molecule has 0 aromatic heterocycles. The maximum absolute atomic E-state index is 8.92. The van der Waals surface area contributed by atoms with Crippen molar-refractivity contribution >= 4 is 11.6 Å². The molecule has 0 aliphatic heterocycles. The molecule has 2 heteroatoms. The van der Waals surface area contributed by atoms with E-state index in [2.05, 4.69) is 6.92 Å². The van der Waals surface area contributed by atoms with E-state index in [1.807, 2.05) is 12.1 Å². The lowest BCUT2D eigenvalue weighted by atomic mass is 10.1. The van der Waals surface area contributed by atoms with Crippen molar-refractivity contribution in [3.63, 3.8) is 0 Å². The van der Waals surface area contributed by atoms with Crippen LogP contribution in [-0.4, -0.2) is 5.11 Å². The van der Waals surface area contributed by atoms with Gasteiger partial charge in [0.25, 0.3) is 0 Å². The van der Waals surface area contributed by atoms with Gasteiger partial charge < -0.3 is 5.11 Å². The number of benzene rings is 1. The summed E-state index contributed by atoms with van der Waals surface area (Å²) in [6.07, 6.45) is 0.938. The predicted octanol–water partition coefficient (Wildman–Crippen LogP) is 2.39. The Morgan fingerprint density at radius 1 is 1.36 bits per heavy atom. The summed E-state index contributed by atoms with van der Waals surface area (Å²) in [6, 6.07) is 5.60. The normalized spacial score (nSPS) is 10.1. The molecule has 0 unspecified atom stereocenters. The molecule has 1 N–H and O–H groups in total. The van der Waals surface area contributed by atoms with Crippen LogP contribution < -0.4 is 0 Å². The Morgan fingerprint density at radius 3 is 2.64 bits per heavy atom. The first-order valence-electron chi connectivity index (χ1n) is 3.66. The summed E-state index contributed by atoms with van der Waals surface area (Å²) in [5, 5.41) is 9.60. The number of aliphatic hydroxyl groups excluding tert-OH is 1. The Kier molecular flexibility index (Phi) is 2.92. The Labute approximate surface area is 71.6 Å². The third-order valence-corrected chi connectivity index (χ3v) is 1.95. The van der Waals surface area contributed by atoms with E-state index in [4.69, 9.17) is 16.7 Å². The van der Waals surface area contributed by atoms with Crippen molar-refractivity contribution in [1.82, 2.24) is 0 Å². The summed E-state index contributed by atoms with van der Waals surface area (Å²) >= 11 is 5.74. The molecule has 1 nitrogen and oxygen atoms in total. The summed E-state index contributed by atoms with van der Waals surface area (Å²) in [7, 11) is 0. The molecular weight excluding hydrogens is 160 g/mol. The smallest absolute Gasteiger partial charge is 0.0685 e. The van der Waals surface area contributed by atoms with Crippen LogP contribution in [0.2, 0.25) is 5.02 Å². The molecule has 1 rings (SSSR count). The van der Waals surface area contributed by atoms with Crippen LogP contribution in [0.15, 0.2) is 18.2 Å². The monoisotopic (exact) mass is 170 g/mol. The third kappa shape index (κ3) is 1.95. The molecule has 0 heterocycles.